The molecular weight excluding hydrogens is 588 g/mol. The van der Waals surface area contributed by atoms with Gasteiger partial charge in [-0.2, -0.15) is 0 Å². The van der Waals surface area contributed by atoms with Crippen molar-refractivity contribution >= 4 is 5.97 Å². The van der Waals surface area contributed by atoms with Gasteiger partial charge in [0, 0.05) is 6.08 Å². The van der Waals surface area contributed by atoms with Crippen LogP contribution in [0.2, 0.25) is 0 Å². The Morgan fingerprint density at radius 1 is 0.854 bits per heavy atom. The molecule has 3 fully saturated rings. The lowest BCUT2D eigenvalue weighted by molar-refractivity contribution is -0.131. The molecule has 3 heteroatoms. The predicted molar refractivity (Wildman–Crippen MR) is 204 cm³/mol. The molecule has 4 rings (SSSR count). The SMILES string of the molecule is CC(C)CCC[C@@H](C)[C@H]1CC[C@H]2[C@@H]3CC=C4CC(O)CC[C@]4(C)[C@H]3C(CCCCCCCCCCCCCCCC=CC(=O)O)C[C@]12C. The van der Waals surface area contributed by atoms with E-state index in [-0.39, 0.29) is 6.10 Å². The Labute approximate surface area is 297 Å². The van der Waals surface area contributed by atoms with Gasteiger partial charge in [-0.05, 0) is 110 Å². The zero-order valence-electron chi connectivity index (χ0n) is 32.3. The van der Waals surface area contributed by atoms with Gasteiger partial charge < -0.3 is 10.2 Å². The fourth-order valence-electron chi connectivity index (χ4n) is 12.1. The maximum atomic E-state index is 10.6. The van der Waals surface area contributed by atoms with E-state index in [1.165, 1.54) is 141 Å². The van der Waals surface area contributed by atoms with Crippen LogP contribution in [0.25, 0.3) is 0 Å². The highest BCUT2D eigenvalue weighted by atomic mass is 16.4. The largest absolute Gasteiger partial charge is 0.478 e. The smallest absolute Gasteiger partial charge is 0.327 e. The molecule has 0 aromatic heterocycles. The highest BCUT2D eigenvalue weighted by molar-refractivity contribution is 5.79. The molecule has 276 valence electrons. The van der Waals surface area contributed by atoms with E-state index in [0.29, 0.717) is 10.8 Å². The van der Waals surface area contributed by atoms with Crippen LogP contribution in [-0.2, 0) is 4.79 Å². The molecule has 0 heterocycles. The van der Waals surface area contributed by atoms with Gasteiger partial charge in [0.1, 0.15) is 0 Å². The van der Waals surface area contributed by atoms with Crippen molar-refractivity contribution in [1.29, 1.82) is 0 Å². The van der Waals surface area contributed by atoms with Gasteiger partial charge in [0.2, 0.25) is 0 Å². The van der Waals surface area contributed by atoms with Gasteiger partial charge in [0.05, 0.1) is 6.10 Å². The maximum absolute atomic E-state index is 10.6. The van der Waals surface area contributed by atoms with Gasteiger partial charge in [-0.15, -0.1) is 0 Å². The fourth-order valence-corrected chi connectivity index (χ4v) is 12.1. The number of aliphatic carboxylic acids is 1. The molecule has 4 aliphatic rings. The summed E-state index contributed by atoms with van der Waals surface area (Å²) in [5.41, 5.74) is 2.49. The summed E-state index contributed by atoms with van der Waals surface area (Å²) in [4.78, 5) is 10.5. The summed E-state index contributed by atoms with van der Waals surface area (Å²) in [6.07, 6.45) is 38.6. The first-order chi connectivity index (χ1) is 23.1. The maximum Gasteiger partial charge on any atom is 0.327 e. The van der Waals surface area contributed by atoms with Crippen molar-refractivity contribution in [2.75, 3.05) is 0 Å². The van der Waals surface area contributed by atoms with Gasteiger partial charge in [-0.1, -0.05) is 155 Å². The normalized spacial score (nSPS) is 33.8. The molecule has 0 aliphatic heterocycles. The van der Waals surface area contributed by atoms with E-state index in [1.54, 1.807) is 11.6 Å². The minimum Gasteiger partial charge on any atom is -0.478 e. The van der Waals surface area contributed by atoms with Crippen LogP contribution in [0.3, 0.4) is 0 Å². The van der Waals surface area contributed by atoms with E-state index in [0.717, 1.165) is 67.1 Å². The number of hydrogen-bond donors (Lipinski definition) is 2. The standard InChI is InChI=1S/C45H78O3/c1-34(2)22-21-23-35(3)40-28-29-41-39-27-26-37-32-38(46)30-31-44(37,4)43(39)36(33-45(40,41)5)24-19-17-15-13-11-9-7-6-8-10-12-14-16-18-20-25-42(47)48/h20,25-26,34-36,38-41,43,46H,6-19,21-24,27-33H2,1-5H3,(H,47,48)/t35-,36?,38?,39+,40-,41+,43+,44+,45-/m1/s1. The van der Waals surface area contributed by atoms with Crippen LogP contribution >= 0.6 is 0 Å². The summed E-state index contributed by atoms with van der Waals surface area (Å²) in [5.74, 6) is 5.26. The van der Waals surface area contributed by atoms with Crippen LogP contribution < -0.4 is 0 Å². The molecule has 2 N–H and O–H groups in total. The summed E-state index contributed by atoms with van der Waals surface area (Å²) in [5, 5.41) is 19.3. The third kappa shape index (κ3) is 10.7. The molecular formula is C45H78O3. The molecule has 0 aromatic rings. The van der Waals surface area contributed by atoms with Crippen LogP contribution in [0.4, 0.5) is 0 Å². The van der Waals surface area contributed by atoms with Crippen LogP contribution in [0.15, 0.2) is 23.8 Å². The summed E-state index contributed by atoms with van der Waals surface area (Å²) in [7, 11) is 0. The molecule has 4 aliphatic carbocycles. The number of carbonyl (C=O) groups is 1. The number of allylic oxidation sites excluding steroid dienone is 2. The second kappa shape index (κ2) is 19.5. The van der Waals surface area contributed by atoms with Crippen molar-refractivity contribution in [3.8, 4) is 0 Å². The number of unbranched alkanes of at least 4 members (excludes halogenated alkanes) is 13. The molecule has 3 saturated carbocycles. The Morgan fingerprint density at radius 3 is 2.10 bits per heavy atom. The van der Waals surface area contributed by atoms with E-state index >= 15 is 0 Å². The highest BCUT2D eigenvalue weighted by Crippen LogP contribution is 2.69. The molecule has 0 saturated heterocycles. The van der Waals surface area contributed by atoms with E-state index < -0.39 is 5.97 Å². The van der Waals surface area contributed by atoms with E-state index in [4.69, 9.17) is 5.11 Å². The van der Waals surface area contributed by atoms with Gasteiger partial charge in [0.25, 0.3) is 0 Å². The van der Waals surface area contributed by atoms with E-state index in [9.17, 15) is 9.90 Å². The fraction of sp³-hybridized carbons (Fsp3) is 0.889. The minimum atomic E-state index is -0.832. The predicted octanol–water partition coefficient (Wildman–Crippen LogP) is 13.1. The first-order valence-electron chi connectivity index (χ1n) is 21.3. The molecule has 0 amide bonds. The lowest BCUT2D eigenvalue weighted by atomic mass is 9.43. The number of rotatable bonds is 22. The number of aliphatic hydroxyl groups is 1. The summed E-state index contributed by atoms with van der Waals surface area (Å²) in [6.45, 7) is 12.8. The number of carboxylic acid groups (broad SMARTS) is 1. The Kier molecular flexibility index (Phi) is 16.1. The Morgan fingerprint density at radius 2 is 1.48 bits per heavy atom. The summed E-state index contributed by atoms with van der Waals surface area (Å²) in [6, 6.07) is 0. The molecule has 2 unspecified atom stereocenters. The minimum absolute atomic E-state index is 0.110. The monoisotopic (exact) mass is 667 g/mol. The second-order valence-electron chi connectivity index (χ2n) is 18.4. The van der Waals surface area contributed by atoms with Crippen LogP contribution in [-0.4, -0.2) is 22.3 Å². The third-order valence-corrected chi connectivity index (χ3v) is 14.6. The second-order valence-corrected chi connectivity index (χ2v) is 18.4. The topological polar surface area (TPSA) is 57.5 Å². The van der Waals surface area contributed by atoms with Crippen molar-refractivity contribution in [3.05, 3.63) is 23.8 Å². The lowest BCUT2D eigenvalue weighted by Gasteiger charge is -2.61. The van der Waals surface area contributed by atoms with Gasteiger partial charge >= 0.3 is 5.97 Å². The average Bonchev–Trinajstić information content (AvgIpc) is 3.39. The van der Waals surface area contributed by atoms with Crippen molar-refractivity contribution in [1.82, 2.24) is 0 Å². The number of fused-ring (bicyclic) bond motifs is 5. The first-order valence-corrected chi connectivity index (χ1v) is 21.3. The lowest BCUT2D eigenvalue weighted by Crippen LogP contribution is -2.54. The quantitative estimate of drug-likeness (QED) is 0.0687. The third-order valence-electron chi connectivity index (χ3n) is 14.6. The molecule has 48 heavy (non-hydrogen) atoms. The van der Waals surface area contributed by atoms with Crippen LogP contribution in [0.1, 0.15) is 195 Å². The van der Waals surface area contributed by atoms with Crippen molar-refractivity contribution in [2.24, 2.45) is 52.3 Å². The molecule has 0 spiro atoms. The molecule has 3 nitrogen and oxygen atoms in total. The summed E-state index contributed by atoms with van der Waals surface area (Å²) < 4.78 is 0. The Hall–Kier alpha value is -1.09. The van der Waals surface area contributed by atoms with E-state index in [1.807, 2.05) is 0 Å². The number of carboxylic acids is 1. The Balaban J connectivity index is 1.21. The molecule has 9 atom stereocenters. The summed E-state index contributed by atoms with van der Waals surface area (Å²) >= 11 is 0. The zero-order valence-corrected chi connectivity index (χ0v) is 32.3. The van der Waals surface area contributed by atoms with Gasteiger partial charge in [-0.25, -0.2) is 4.79 Å². The molecule has 0 bridgehead atoms. The first kappa shape index (κ1) is 39.7. The van der Waals surface area contributed by atoms with E-state index in [2.05, 4.69) is 40.7 Å². The van der Waals surface area contributed by atoms with Crippen LogP contribution in [0.5, 0.6) is 0 Å². The van der Waals surface area contributed by atoms with Gasteiger partial charge in [0.15, 0.2) is 0 Å². The van der Waals surface area contributed by atoms with Crippen molar-refractivity contribution in [2.45, 2.75) is 201 Å². The molecule has 0 radical (unpaired) electrons. The van der Waals surface area contributed by atoms with Gasteiger partial charge in [-0.3, -0.25) is 0 Å². The zero-order chi connectivity index (χ0) is 34.6. The van der Waals surface area contributed by atoms with Crippen molar-refractivity contribution < 1.29 is 15.0 Å². The number of hydrogen-bond acceptors (Lipinski definition) is 2. The molecule has 0 aromatic carbocycles. The Bertz CT molecular complexity index is 1010. The number of aliphatic hydroxyl groups excluding tert-OH is 1. The van der Waals surface area contributed by atoms with Crippen molar-refractivity contribution in [3.63, 3.8) is 0 Å². The average molecular weight is 667 g/mol. The highest BCUT2D eigenvalue weighted by Gasteiger charge is 2.61. The van der Waals surface area contributed by atoms with Crippen LogP contribution in [0, 0.1) is 52.3 Å².